The van der Waals surface area contributed by atoms with Crippen molar-refractivity contribution in [3.05, 3.63) is 29.6 Å². The van der Waals surface area contributed by atoms with Gasteiger partial charge < -0.3 is 15.5 Å². The minimum Gasteiger partial charge on any atom is -0.375 e. The van der Waals surface area contributed by atoms with Crippen LogP contribution in [0.15, 0.2) is 23.2 Å². The maximum Gasteiger partial charge on any atom is 0.191 e. The molecule has 1 aromatic rings. The molecule has 0 aromatic heterocycles. The molecule has 2 rings (SSSR count). The van der Waals surface area contributed by atoms with Gasteiger partial charge in [-0.25, -0.2) is 4.39 Å². The maximum atomic E-state index is 14.0. The van der Waals surface area contributed by atoms with Crippen molar-refractivity contribution in [2.24, 2.45) is 4.99 Å². The summed E-state index contributed by atoms with van der Waals surface area (Å²) in [6, 6.07) is 5.31. The van der Waals surface area contributed by atoms with Crippen LogP contribution in [-0.2, 0) is 6.54 Å². The summed E-state index contributed by atoms with van der Waals surface area (Å²) in [7, 11) is 5.43. The number of aliphatic imine (C=N–C) groups is 1. The van der Waals surface area contributed by atoms with Crippen LogP contribution in [0.5, 0.6) is 0 Å². The summed E-state index contributed by atoms with van der Waals surface area (Å²) in [6.07, 6.45) is 2.52. The van der Waals surface area contributed by atoms with Crippen LogP contribution in [0, 0.1) is 5.82 Å². The molecule has 1 unspecified atom stereocenters. The second kappa shape index (κ2) is 9.70. The summed E-state index contributed by atoms with van der Waals surface area (Å²) >= 11 is 2.02. The molecule has 1 heterocycles. The van der Waals surface area contributed by atoms with Gasteiger partial charge in [0.05, 0.1) is 5.69 Å². The Morgan fingerprint density at radius 1 is 1.38 bits per heavy atom. The average Bonchev–Trinajstić information content (AvgIpc) is 2.94. The van der Waals surface area contributed by atoms with Crippen molar-refractivity contribution >= 4 is 47.4 Å². The lowest BCUT2D eigenvalue weighted by Crippen LogP contribution is -2.43. The van der Waals surface area contributed by atoms with Crippen molar-refractivity contribution < 1.29 is 4.39 Å². The number of benzene rings is 1. The molecule has 136 valence electrons. The molecule has 24 heavy (non-hydrogen) atoms. The van der Waals surface area contributed by atoms with Gasteiger partial charge in [0.1, 0.15) is 5.82 Å². The van der Waals surface area contributed by atoms with E-state index in [2.05, 4.69) is 22.5 Å². The van der Waals surface area contributed by atoms with Crippen molar-refractivity contribution in [1.29, 1.82) is 0 Å². The lowest BCUT2D eigenvalue weighted by molar-refractivity contribution is 0.584. The smallest absolute Gasteiger partial charge is 0.191 e. The molecule has 0 saturated carbocycles. The molecule has 0 spiro atoms. The summed E-state index contributed by atoms with van der Waals surface area (Å²) in [4.78, 5) is 6.02. The van der Waals surface area contributed by atoms with Crippen molar-refractivity contribution in [3.63, 3.8) is 0 Å². The van der Waals surface area contributed by atoms with E-state index in [-0.39, 0.29) is 34.5 Å². The fourth-order valence-corrected chi connectivity index (χ4v) is 3.92. The second-order valence-corrected chi connectivity index (χ2v) is 8.04. The minimum atomic E-state index is -0.202. The number of halogens is 2. The van der Waals surface area contributed by atoms with E-state index in [1.165, 1.54) is 18.6 Å². The number of nitrogens with zero attached hydrogens (tertiary/aromatic N) is 2. The van der Waals surface area contributed by atoms with Gasteiger partial charge in [-0.15, -0.1) is 24.0 Å². The number of nitrogens with one attached hydrogen (secondary N) is 2. The zero-order chi connectivity index (χ0) is 16.9. The first-order valence-corrected chi connectivity index (χ1v) is 8.96. The zero-order valence-corrected chi connectivity index (χ0v) is 18.0. The number of hydrogen-bond donors (Lipinski definition) is 2. The Kier molecular flexibility index (Phi) is 8.62. The number of thioether (sulfide) groups is 1. The van der Waals surface area contributed by atoms with Crippen molar-refractivity contribution in [2.75, 3.05) is 38.3 Å². The molecule has 4 nitrogen and oxygen atoms in total. The summed E-state index contributed by atoms with van der Waals surface area (Å²) in [6.45, 7) is 3.74. The normalized spacial score (nSPS) is 20.5. The summed E-state index contributed by atoms with van der Waals surface area (Å²) in [5.41, 5.74) is 1.50. The van der Waals surface area contributed by atoms with Crippen LogP contribution in [0.25, 0.3) is 0 Å². The second-order valence-electron chi connectivity index (χ2n) is 6.36. The Bertz CT molecular complexity index is 560. The average molecular weight is 466 g/mol. The minimum absolute atomic E-state index is 0. The van der Waals surface area contributed by atoms with Gasteiger partial charge in [-0.05, 0) is 43.2 Å². The SMILES string of the molecule is CN=C(NCc1ccc(N(C)C)c(F)c1)NCC1(C)CCCS1.I. The first kappa shape index (κ1) is 21.3. The van der Waals surface area contributed by atoms with Gasteiger partial charge in [-0.3, -0.25) is 4.99 Å². The summed E-state index contributed by atoms with van der Waals surface area (Å²) in [5.74, 6) is 1.80. The van der Waals surface area contributed by atoms with E-state index in [9.17, 15) is 4.39 Å². The van der Waals surface area contributed by atoms with E-state index in [1.807, 2.05) is 31.9 Å². The molecule has 7 heteroatoms. The fraction of sp³-hybridized carbons (Fsp3) is 0.588. The van der Waals surface area contributed by atoms with Crippen LogP contribution < -0.4 is 15.5 Å². The number of guanidine groups is 1. The van der Waals surface area contributed by atoms with E-state index in [0.29, 0.717) is 12.2 Å². The molecular weight excluding hydrogens is 438 g/mol. The third-order valence-electron chi connectivity index (χ3n) is 4.11. The third-order valence-corrected chi connectivity index (χ3v) is 5.65. The highest BCUT2D eigenvalue weighted by molar-refractivity contribution is 14.0. The predicted octanol–water partition coefficient (Wildman–Crippen LogP) is 3.46. The maximum absolute atomic E-state index is 14.0. The predicted molar refractivity (Wildman–Crippen MR) is 114 cm³/mol. The van der Waals surface area contributed by atoms with Crippen molar-refractivity contribution in [3.8, 4) is 0 Å². The molecule has 0 bridgehead atoms. The highest BCUT2D eigenvalue weighted by Gasteiger charge is 2.29. The zero-order valence-electron chi connectivity index (χ0n) is 14.9. The number of hydrogen-bond acceptors (Lipinski definition) is 3. The highest BCUT2D eigenvalue weighted by atomic mass is 127. The Labute approximate surface area is 166 Å². The third kappa shape index (κ3) is 5.98. The van der Waals surface area contributed by atoms with Crippen LogP contribution in [0.4, 0.5) is 10.1 Å². The Balaban J connectivity index is 0.00000288. The summed E-state index contributed by atoms with van der Waals surface area (Å²) in [5, 5.41) is 6.63. The van der Waals surface area contributed by atoms with E-state index < -0.39 is 0 Å². The molecule has 1 aliphatic heterocycles. The monoisotopic (exact) mass is 466 g/mol. The molecule has 0 aliphatic carbocycles. The molecular formula is C17H28FIN4S. The molecule has 0 radical (unpaired) electrons. The lowest BCUT2D eigenvalue weighted by Gasteiger charge is -2.24. The highest BCUT2D eigenvalue weighted by Crippen LogP contribution is 2.36. The molecule has 1 fully saturated rings. The molecule has 1 atom stereocenters. The largest absolute Gasteiger partial charge is 0.375 e. The Morgan fingerprint density at radius 3 is 2.67 bits per heavy atom. The molecule has 1 aromatic carbocycles. The van der Waals surface area contributed by atoms with E-state index in [0.717, 1.165) is 18.1 Å². The molecule has 0 amide bonds. The quantitative estimate of drug-likeness (QED) is 0.396. The summed E-state index contributed by atoms with van der Waals surface area (Å²) < 4.78 is 14.3. The van der Waals surface area contributed by atoms with Gasteiger partial charge in [0.15, 0.2) is 5.96 Å². The molecule has 1 aliphatic rings. The first-order valence-electron chi connectivity index (χ1n) is 7.98. The van der Waals surface area contributed by atoms with E-state index in [1.54, 1.807) is 24.1 Å². The van der Waals surface area contributed by atoms with Crippen LogP contribution in [-0.4, -0.2) is 44.1 Å². The van der Waals surface area contributed by atoms with Gasteiger partial charge in [0, 0.05) is 39.0 Å². The number of rotatable bonds is 5. The fourth-order valence-electron chi connectivity index (χ4n) is 2.68. The number of anilines is 1. The van der Waals surface area contributed by atoms with Crippen LogP contribution >= 0.6 is 35.7 Å². The van der Waals surface area contributed by atoms with Crippen LogP contribution in [0.1, 0.15) is 25.3 Å². The Hall–Kier alpha value is -0.700. The van der Waals surface area contributed by atoms with Crippen molar-refractivity contribution in [1.82, 2.24) is 10.6 Å². The Morgan fingerprint density at radius 2 is 2.12 bits per heavy atom. The van der Waals surface area contributed by atoms with Crippen LogP contribution in [0.3, 0.4) is 0 Å². The van der Waals surface area contributed by atoms with Gasteiger partial charge in [-0.1, -0.05) is 6.07 Å². The van der Waals surface area contributed by atoms with Crippen molar-refractivity contribution in [2.45, 2.75) is 31.1 Å². The van der Waals surface area contributed by atoms with Gasteiger partial charge in [0.2, 0.25) is 0 Å². The van der Waals surface area contributed by atoms with Crippen LogP contribution in [0.2, 0.25) is 0 Å². The lowest BCUT2D eigenvalue weighted by atomic mass is 10.1. The van der Waals surface area contributed by atoms with Gasteiger partial charge in [0.25, 0.3) is 0 Å². The van der Waals surface area contributed by atoms with Gasteiger partial charge >= 0.3 is 0 Å². The van der Waals surface area contributed by atoms with Gasteiger partial charge in [-0.2, -0.15) is 11.8 Å². The standard InChI is InChI=1S/C17H27FN4S.HI/c1-17(8-5-9-23-17)12-21-16(19-2)20-11-13-6-7-15(22(3)4)14(18)10-13;/h6-7,10H,5,8-9,11-12H2,1-4H3,(H2,19,20,21);1H. The molecule has 2 N–H and O–H groups in total. The molecule has 1 saturated heterocycles. The van der Waals surface area contributed by atoms with E-state index >= 15 is 0 Å². The topological polar surface area (TPSA) is 39.7 Å². The van der Waals surface area contributed by atoms with E-state index in [4.69, 9.17) is 0 Å². The first-order chi connectivity index (χ1) is 10.9.